The number of rotatable bonds is 10. The van der Waals surface area contributed by atoms with Crippen LogP contribution in [0.2, 0.25) is 51.4 Å². The minimum atomic E-state index is -1.08. The van der Waals surface area contributed by atoms with Crippen LogP contribution < -0.4 is 15.3 Å². The zero-order valence-corrected chi connectivity index (χ0v) is 31.4. The Balaban J connectivity index is -0.000000271. The molecule has 0 aliphatic heterocycles. The summed E-state index contributed by atoms with van der Waals surface area (Å²) in [6.45, 7) is 18.9. The number of aliphatic carboxylic acids is 3. The van der Waals surface area contributed by atoms with E-state index in [0.717, 1.165) is 57.8 Å². The van der Waals surface area contributed by atoms with E-state index in [0.29, 0.717) is 11.5 Å². The first kappa shape index (κ1) is 48.7. The van der Waals surface area contributed by atoms with Crippen molar-refractivity contribution in [3.05, 3.63) is 59.7 Å². The second-order valence-corrected chi connectivity index (χ2v) is 23.2. The van der Waals surface area contributed by atoms with Crippen LogP contribution in [0.5, 0.6) is 11.5 Å². The number of benzene rings is 2. The maximum Gasteiger partial charge on any atom is 3.00 e. The summed E-state index contributed by atoms with van der Waals surface area (Å²) in [6, 6.07) is 17.2. The van der Waals surface area contributed by atoms with E-state index in [1.807, 2.05) is 36.4 Å². The van der Waals surface area contributed by atoms with Gasteiger partial charge >= 0.3 is 17.4 Å². The Labute approximate surface area is 282 Å². The van der Waals surface area contributed by atoms with E-state index in [9.17, 15) is 10.2 Å². The predicted molar refractivity (Wildman–Crippen MR) is 179 cm³/mol. The Hall–Kier alpha value is -3.24. The molecule has 0 aromatic heterocycles. The van der Waals surface area contributed by atoms with Gasteiger partial charge in [-0.3, -0.25) is 9.98 Å². The van der Waals surface area contributed by atoms with Crippen LogP contribution in [-0.2, 0) is 31.7 Å². The zero-order valence-electron chi connectivity index (χ0n) is 28.2. The van der Waals surface area contributed by atoms with Crippen molar-refractivity contribution in [1.29, 1.82) is 0 Å². The molecule has 0 aliphatic rings. The van der Waals surface area contributed by atoms with Gasteiger partial charge in [-0.1, -0.05) is 75.6 Å². The Morgan fingerprint density at radius 2 is 0.867 bits per heavy atom. The minimum absolute atomic E-state index is 0. The number of aliphatic imine (C=N–C) groups is 2. The average Bonchev–Trinajstić information content (AvgIpc) is 2.84. The number of hydrogen-bond acceptors (Lipinski definition) is 10. The summed E-state index contributed by atoms with van der Waals surface area (Å²) in [4.78, 5) is 35.4. The molecule has 251 valence electrons. The monoisotopic (exact) mass is 699 g/mol. The number of carboxylic acids is 3. The van der Waals surface area contributed by atoms with Gasteiger partial charge in [-0.25, -0.2) is 0 Å². The third-order valence-corrected chi connectivity index (χ3v) is 8.47. The van der Waals surface area contributed by atoms with Crippen LogP contribution in [0.3, 0.4) is 0 Å². The molecule has 0 heterocycles. The van der Waals surface area contributed by atoms with Crippen molar-refractivity contribution in [3.63, 3.8) is 0 Å². The Kier molecular flexibility index (Phi) is 30.5. The molecule has 1 radical (unpaired) electrons. The maximum atomic E-state index is 9.51. The van der Waals surface area contributed by atoms with Crippen LogP contribution in [0.1, 0.15) is 44.7 Å². The van der Waals surface area contributed by atoms with E-state index in [1.54, 1.807) is 24.6 Å². The van der Waals surface area contributed by atoms with Gasteiger partial charge in [0, 0.05) is 70.7 Å². The van der Waals surface area contributed by atoms with Gasteiger partial charge in [0.2, 0.25) is 0 Å². The van der Waals surface area contributed by atoms with Gasteiger partial charge < -0.3 is 39.9 Å². The molecular weight excluding hydrogens is 649 g/mol. The molecule has 0 saturated heterocycles. The van der Waals surface area contributed by atoms with Crippen LogP contribution in [0, 0.1) is 0 Å². The fourth-order valence-electron chi connectivity index (χ4n) is 2.92. The Bertz CT molecular complexity index is 1040. The normalized spacial score (nSPS) is 10.3. The molecule has 2 rings (SSSR count). The second kappa shape index (κ2) is 28.2. The molecule has 0 aliphatic carbocycles. The topological polar surface area (TPSA) is 186 Å². The smallest absolute Gasteiger partial charge is 0.550 e. The third-order valence-electron chi connectivity index (χ3n) is 4.76. The van der Waals surface area contributed by atoms with Crippen molar-refractivity contribution in [2.45, 2.75) is 85.0 Å². The van der Waals surface area contributed by atoms with Crippen LogP contribution in [-0.4, -0.2) is 69.8 Å². The fourth-order valence-corrected chi connectivity index (χ4v) is 5.36. The first-order valence-electron chi connectivity index (χ1n) is 14.3. The number of para-hydroxylation sites is 2. The SMILES string of the molecule is CC(=O)[O-].CC(=O)[O-].CC(=O)[O-].C[Si](C)(C)CCCN=Cc1ccccc1O.C[Si](C)(C)CCCN=Cc1ccccc1O.[Cr+3]. The van der Waals surface area contributed by atoms with Gasteiger partial charge in [-0.2, -0.15) is 0 Å². The number of phenols is 2. The summed E-state index contributed by atoms with van der Waals surface area (Å²) in [7, 11) is -1.84. The third kappa shape index (κ3) is 45.3. The zero-order chi connectivity index (χ0) is 34.8. The number of carbonyl (C=O) groups is 3. The molecule has 0 unspecified atom stereocenters. The molecule has 2 aromatic carbocycles. The molecule has 0 bridgehead atoms. The number of nitrogens with zero attached hydrogens (tertiary/aromatic N) is 2. The van der Waals surface area contributed by atoms with Gasteiger partial charge in [-0.05, 0) is 57.9 Å². The van der Waals surface area contributed by atoms with Crippen LogP contribution >= 0.6 is 0 Å². The van der Waals surface area contributed by atoms with Crippen LogP contribution in [0.15, 0.2) is 58.5 Å². The summed E-state index contributed by atoms with van der Waals surface area (Å²) in [5.74, 6) is -2.65. The molecule has 0 amide bonds. The Morgan fingerprint density at radius 1 is 0.622 bits per heavy atom. The van der Waals surface area contributed by atoms with E-state index < -0.39 is 34.1 Å². The largest absolute Gasteiger partial charge is 3.00 e. The summed E-state index contributed by atoms with van der Waals surface area (Å²) >= 11 is 0. The quantitative estimate of drug-likeness (QED) is 0.215. The van der Waals surface area contributed by atoms with Crippen molar-refractivity contribution < 1.29 is 57.3 Å². The molecular formula is C32H51CrN2O8Si2. The molecule has 2 aromatic rings. The molecule has 2 N–H and O–H groups in total. The molecule has 10 nitrogen and oxygen atoms in total. The summed E-state index contributed by atoms with van der Waals surface area (Å²) in [6.07, 6.45) is 5.83. The van der Waals surface area contributed by atoms with E-state index >= 15 is 0 Å². The fraction of sp³-hybridized carbons (Fsp3) is 0.469. The second-order valence-electron chi connectivity index (χ2n) is 12.0. The maximum absolute atomic E-state index is 9.51. The molecule has 0 fully saturated rings. The van der Waals surface area contributed by atoms with Crippen LogP contribution in [0.4, 0.5) is 0 Å². The van der Waals surface area contributed by atoms with Gasteiger partial charge in [0.15, 0.2) is 0 Å². The van der Waals surface area contributed by atoms with Crippen molar-refractivity contribution in [2.75, 3.05) is 13.1 Å². The summed E-state index contributed by atoms with van der Waals surface area (Å²) in [5, 5.41) is 45.7. The van der Waals surface area contributed by atoms with E-state index in [2.05, 4.69) is 49.3 Å². The number of carboxylic acid groups (broad SMARTS) is 3. The number of phenolic OH excluding ortho intramolecular Hbond substituents is 2. The molecule has 13 heteroatoms. The van der Waals surface area contributed by atoms with Gasteiger partial charge in [0.25, 0.3) is 0 Å². The first-order valence-corrected chi connectivity index (χ1v) is 21.7. The first-order chi connectivity index (χ1) is 20.2. The van der Waals surface area contributed by atoms with Gasteiger partial charge in [0.05, 0.1) is 0 Å². The van der Waals surface area contributed by atoms with E-state index in [1.165, 1.54) is 12.1 Å². The van der Waals surface area contributed by atoms with E-state index in [4.69, 9.17) is 29.7 Å². The van der Waals surface area contributed by atoms with Crippen molar-refractivity contribution in [3.8, 4) is 11.5 Å². The molecule has 0 atom stereocenters. The summed E-state index contributed by atoms with van der Waals surface area (Å²) in [5.41, 5.74) is 1.60. The standard InChI is InChI=1S/2C13H21NOSi.3C2H4O2.Cr/c2*1-16(2,3)10-6-9-14-11-12-7-4-5-8-13(12)15;3*1-2(3)4;/h2*4-5,7-8,11,15H,6,9-10H2,1-3H3;3*1H3,(H,3,4);/q;;;;;+3/p-3. The molecule has 0 spiro atoms. The molecule has 0 saturated carbocycles. The summed E-state index contributed by atoms with van der Waals surface area (Å²) < 4.78 is 0. The average molecular weight is 700 g/mol. The number of carbonyl (C=O) groups excluding carboxylic acids is 3. The van der Waals surface area contributed by atoms with Crippen molar-refractivity contribution in [2.24, 2.45) is 9.98 Å². The van der Waals surface area contributed by atoms with Crippen molar-refractivity contribution in [1.82, 2.24) is 0 Å². The molecule has 45 heavy (non-hydrogen) atoms. The number of hydrogen-bond donors (Lipinski definition) is 2. The van der Waals surface area contributed by atoms with Gasteiger partial charge in [-0.15, -0.1) is 0 Å². The van der Waals surface area contributed by atoms with Crippen LogP contribution in [0.25, 0.3) is 0 Å². The van der Waals surface area contributed by atoms with Gasteiger partial charge in [0.1, 0.15) is 11.5 Å². The minimum Gasteiger partial charge on any atom is -0.550 e. The Morgan fingerprint density at radius 3 is 1.09 bits per heavy atom. The van der Waals surface area contributed by atoms with E-state index in [-0.39, 0.29) is 17.4 Å². The van der Waals surface area contributed by atoms with Crippen molar-refractivity contribution >= 4 is 46.5 Å². The predicted octanol–water partition coefficient (Wildman–Crippen LogP) is 3.34. The number of aromatic hydroxyl groups is 2.